The van der Waals surface area contributed by atoms with Crippen LogP contribution in [-0.2, 0) is 11.2 Å². The summed E-state index contributed by atoms with van der Waals surface area (Å²) in [6.45, 7) is 2.59. The molecular weight excluding hydrogens is 376 g/mol. The molecule has 0 aliphatic carbocycles. The number of nitrogens with one attached hydrogen (secondary N) is 1. The molecule has 3 rings (SSSR count). The van der Waals surface area contributed by atoms with Crippen LogP contribution < -0.4 is 5.32 Å². The van der Waals surface area contributed by atoms with Crippen LogP contribution in [0.5, 0.6) is 0 Å². The number of thiophene rings is 1. The molecule has 1 N–H and O–H groups in total. The zero-order valence-electron chi connectivity index (χ0n) is 13.6. The van der Waals surface area contributed by atoms with Gasteiger partial charge in [-0.25, -0.2) is 0 Å². The van der Waals surface area contributed by atoms with Gasteiger partial charge in [0.05, 0.1) is 11.4 Å². The van der Waals surface area contributed by atoms with Crippen molar-refractivity contribution in [1.82, 2.24) is 20.1 Å². The van der Waals surface area contributed by atoms with Gasteiger partial charge < -0.3 is 5.32 Å². The van der Waals surface area contributed by atoms with E-state index in [1.54, 1.807) is 17.7 Å². The van der Waals surface area contributed by atoms with Crippen LogP contribution in [0.15, 0.2) is 47.2 Å². The molecule has 25 heavy (non-hydrogen) atoms. The van der Waals surface area contributed by atoms with Crippen molar-refractivity contribution in [2.45, 2.75) is 18.5 Å². The SMILES string of the molecule is Cc1ccc(-n2cnnc2SCC(=O)NCCc2cccs2)cc1Cl. The molecule has 2 heterocycles. The molecule has 2 aromatic heterocycles. The van der Waals surface area contributed by atoms with Crippen molar-refractivity contribution in [3.63, 3.8) is 0 Å². The highest BCUT2D eigenvalue weighted by Gasteiger charge is 2.11. The minimum absolute atomic E-state index is 0.0157. The van der Waals surface area contributed by atoms with Crippen LogP contribution in [0.3, 0.4) is 0 Å². The molecule has 0 aliphatic heterocycles. The first-order valence-corrected chi connectivity index (χ1v) is 9.96. The van der Waals surface area contributed by atoms with Crippen LogP contribution in [0.1, 0.15) is 10.4 Å². The van der Waals surface area contributed by atoms with Gasteiger partial charge in [-0.2, -0.15) is 0 Å². The Labute approximate surface area is 159 Å². The Bertz CT molecular complexity index is 848. The van der Waals surface area contributed by atoms with Gasteiger partial charge >= 0.3 is 0 Å². The number of hydrogen-bond donors (Lipinski definition) is 1. The Kier molecular flexibility index (Phi) is 6.12. The smallest absolute Gasteiger partial charge is 0.230 e. The number of rotatable bonds is 7. The maximum atomic E-state index is 12.0. The van der Waals surface area contributed by atoms with E-state index in [0.29, 0.717) is 22.5 Å². The Morgan fingerprint density at radius 3 is 3.04 bits per heavy atom. The lowest BCUT2D eigenvalue weighted by molar-refractivity contribution is -0.118. The van der Waals surface area contributed by atoms with E-state index >= 15 is 0 Å². The number of hydrogen-bond acceptors (Lipinski definition) is 5. The minimum atomic E-state index is -0.0157. The van der Waals surface area contributed by atoms with Crippen molar-refractivity contribution >= 4 is 40.6 Å². The largest absolute Gasteiger partial charge is 0.355 e. The zero-order chi connectivity index (χ0) is 17.6. The van der Waals surface area contributed by atoms with Gasteiger partial charge in [-0.1, -0.05) is 35.5 Å². The van der Waals surface area contributed by atoms with Crippen LogP contribution >= 0.6 is 34.7 Å². The quantitative estimate of drug-likeness (QED) is 0.622. The lowest BCUT2D eigenvalue weighted by Crippen LogP contribution is -2.27. The number of thioether (sulfide) groups is 1. The summed E-state index contributed by atoms with van der Waals surface area (Å²) in [6.07, 6.45) is 2.48. The fraction of sp³-hybridized carbons (Fsp3) is 0.235. The normalized spacial score (nSPS) is 10.8. The minimum Gasteiger partial charge on any atom is -0.355 e. The lowest BCUT2D eigenvalue weighted by atomic mass is 10.2. The molecule has 5 nitrogen and oxygen atoms in total. The molecule has 130 valence electrons. The first-order valence-electron chi connectivity index (χ1n) is 7.72. The van der Waals surface area contributed by atoms with Crippen molar-refractivity contribution in [2.24, 2.45) is 0 Å². The molecule has 8 heteroatoms. The maximum absolute atomic E-state index is 12.0. The fourth-order valence-electron chi connectivity index (χ4n) is 2.19. The van der Waals surface area contributed by atoms with E-state index in [4.69, 9.17) is 11.6 Å². The van der Waals surface area contributed by atoms with Crippen molar-refractivity contribution < 1.29 is 4.79 Å². The number of benzene rings is 1. The summed E-state index contributed by atoms with van der Waals surface area (Å²) in [4.78, 5) is 13.3. The molecule has 0 atom stereocenters. The maximum Gasteiger partial charge on any atom is 0.230 e. The highest BCUT2D eigenvalue weighted by molar-refractivity contribution is 7.99. The van der Waals surface area contributed by atoms with E-state index in [1.165, 1.54) is 16.6 Å². The number of carbonyl (C=O) groups is 1. The third-order valence-electron chi connectivity index (χ3n) is 3.56. The molecular formula is C17H17ClN4OS2. The van der Waals surface area contributed by atoms with Gasteiger partial charge in [0.25, 0.3) is 0 Å². The van der Waals surface area contributed by atoms with Gasteiger partial charge in [0.1, 0.15) is 6.33 Å². The Morgan fingerprint density at radius 2 is 2.28 bits per heavy atom. The molecule has 0 aliphatic rings. The number of nitrogens with zero attached hydrogens (tertiary/aromatic N) is 3. The highest BCUT2D eigenvalue weighted by atomic mass is 35.5. The molecule has 0 unspecified atom stereocenters. The van der Waals surface area contributed by atoms with Crippen molar-refractivity contribution in [3.8, 4) is 5.69 Å². The number of halogens is 1. The van der Waals surface area contributed by atoms with Gasteiger partial charge in [0.15, 0.2) is 5.16 Å². The number of aromatic nitrogens is 3. The van der Waals surface area contributed by atoms with Crippen LogP contribution in [0.4, 0.5) is 0 Å². The monoisotopic (exact) mass is 392 g/mol. The second kappa shape index (κ2) is 8.51. The van der Waals surface area contributed by atoms with E-state index in [2.05, 4.69) is 21.6 Å². The molecule has 0 saturated carbocycles. The molecule has 0 radical (unpaired) electrons. The first-order chi connectivity index (χ1) is 12.1. The topological polar surface area (TPSA) is 59.8 Å². The molecule has 1 amide bonds. The van der Waals surface area contributed by atoms with E-state index in [9.17, 15) is 4.79 Å². The van der Waals surface area contributed by atoms with Crippen LogP contribution in [-0.4, -0.2) is 33.0 Å². The molecule has 0 bridgehead atoms. The number of carbonyl (C=O) groups excluding carboxylic acids is 1. The predicted octanol–water partition coefficient (Wildman–Crippen LogP) is 3.74. The summed E-state index contributed by atoms with van der Waals surface area (Å²) < 4.78 is 1.83. The van der Waals surface area contributed by atoms with E-state index in [-0.39, 0.29) is 5.91 Å². The summed E-state index contributed by atoms with van der Waals surface area (Å²) in [7, 11) is 0. The van der Waals surface area contributed by atoms with Gasteiger partial charge in [0.2, 0.25) is 5.91 Å². The highest BCUT2D eigenvalue weighted by Crippen LogP contribution is 2.23. The van der Waals surface area contributed by atoms with Crippen molar-refractivity contribution in [3.05, 3.63) is 57.5 Å². The van der Waals surface area contributed by atoms with Gasteiger partial charge in [-0.05, 0) is 42.5 Å². The second-order valence-corrected chi connectivity index (χ2v) is 7.77. The third kappa shape index (κ3) is 4.84. The zero-order valence-corrected chi connectivity index (χ0v) is 16.0. The van der Waals surface area contributed by atoms with E-state index in [0.717, 1.165) is 17.7 Å². The van der Waals surface area contributed by atoms with E-state index in [1.807, 2.05) is 41.1 Å². The Hall–Kier alpha value is -1.83. The van der Waals surface area contributed by atoms with Crippen LogP contribution in [0, 0.1) is 6.92 Å². The summed E-state index contributed by atoms with van der Waals surface area (Å²) >= 11 is 9.24. The second-order valence-electron chi connectivity index (χ2n) is 5.38. The summed E-state index contributed by atoms with van der Waals surface area (Å²) in [5.74, 6) is 0.279. The average Bonchev–Trinajstić information content (AvgIpc) is 3.27. The third-order valence-corrected chi connectivity index (χ3v) is 5.84. The summed E-state index contributed by atoms with van der Waals surface area (Å²) in [5.41, 5.74) is 1.89. The number of aryl methyl sites for hydroxylation is 1. The lowest BCUT2D eigenvalue weighted by Gasteiger charge is -2.08. The Balaban J connectivity index is 1.54. The summed E-state index contributed by atoms with van der Waals surface area (Å²) in [6, 6.07) is 9.85. The van der Waals surface area contributed by atoms with Gasteiger partial charge in [-0.3, -0.25) is 9.36 Å². The predicted molar refractivity (Wildman–Crippen MR) is 103 cm³/mol. The number of amides is 1. The fourth-order valence-corrected chi connectivity index (χ4v) is 3.84. The first kappa shape index (κ1) is 18.0. The summed E-state index contributed by atoms with van der Waals surface area (Å²) in [5, 5.41) is 14.4. The van der Waals surface area contributed by atoms with Gasteiger partial charge in [0, 0.05) is 16.4 Å². The van der Waals surface area contributed by atoms with Crippen LogP contribution in [0.25, 0.3) is 5.69 Å². The molecule has 0 fully saturated rings. The molecule has 0 spiro atoms. The van der Waals surface area contributed by atoms with E-state index < -0.39 is 0 Å². The van der Waals surface area contributed by atoms with Gasteiger partial charge in [-0.15, -0.1) is 21.5 Å². The average molecular weight is 393 g/mol. The van der Waals surface area contributed by atoms with Crippen molar-refractivity contribution in [2.75, 3.05) is 12.3 Å². The molecule has 1 aromatic carbocycles. The molecule has 3 aromatic rings. The van der Waals surface area contributed by atoms with Crippen molar-refractivity contribution in [1.29, 1.82) is 0 Å². The Morgan fingerprint density at radius 1 is 1.40 bits per heavy atom. The van der Waals surface area contributed by atoms with Crippen LogP contribution in [0.2, 0.25) is 5.02 Å². The standard InChI is InChI=1S/C17H17ClN4OS2/c1-12-4-5-13(9-15(12)18)22-11-20-21-17(22)25-10-16(23)19-7-6-14-3-2-8-24-14/h2-5,8-9,11H,6-7,10H2,1H3,(H,19,23). The molecule has 0 saturated heterocycles.